The summed E-state index contributed by atoms with van der Waals surface area (Å²) in [4.78, 5) is 12.3. The summed E-state index contributed by atoms with van der Waals surface area (Å²) < 4.78 is 10.4. The van der Waals surface area contributed by atoms with Gasteiger partial charge in [-0.15, -0.1) is 11.3 Å². The number of esters is 1. The Bertz CT molecular complexity index is 493. The van der Waals surface area contributed by atoms with E-state index in [0.717, 1.165) is 36.6 Å². The first-order valence-electron chi connectivity index (χ1n) is 6.82. The molecule has 1 saturated heterocycles. The molecule has 0 radical (unpaired) electrons. The fraction of sp³-hybridized carbons (Fsp3) is 0.571. The predicted octanol–water partition coefficient (Wildman–Crippen LogP) is 2.90. The summed E-state index contributed by atoms with van der Waals surface area (Å²) >= 11 is 1.36. The Morgan fingerprint density at radius 1 is 1.55 bits per heavy atom. The van der Waals surface area contributed by atoms with Crippen LogP contribution in [0.25, 0.3) is 0 Å². The molecule has 0 bridgehead atoms. The smallest absolute Gasteiger partial charge is 0.348 e. The van der Waals surface area contributed by atoms with Crippen molar-refractivity contribution >= 4 is 28.0 Å². The molecule has 0 aliphatic carbocycles. The highest BCUT2D eigenvalue weighted by Gasteiger charge is 2.20. The molecule has 0 amide bonds. The SMILES string of the molecule is CCOC(=O)c1cc(C(C)=N)c(NC2CCOCC2)s1. The van der Waals surface area contributed by atoms with Crippen LogP contribution in [0, 0.1) is 5.41 Å². The molecule has 2 rings (SSSR count). The van der Waals surface area contributed by atoms with Gasteiger partial charge in [0.05, 0.1) is 11.6 Å². The quantitative estimate of drug-likeness (QED) is 0.647. The molecule has 2 N–H and O–H groups in total. The standard InChI is InChI=1S/C14H20N2O3S/c1-3-19-14(17)12-8-11(9(2)15)13(20-12)16-10-4-6-18-7-5-10/h8,10,15-16H,3-7H2,1-2H3. The van der Waals surface area contributed by atoms with E-state index in [1.54, 1.807) is 19.9 Å². The maximum Gasteiger partial charge on any atom is 0.348 e. The van der Waals surface area contributed by atoms with E-state index in [9.17, 15) is 4.79 Å². The first-order chi connectivity index (χ1) is 9.61. The molecule has 1 aliphatic heterocycles. The Morgan fingerprint density at radius 3 is 2.85 bits per heavy atom. The van der Waals surface area contributed by atoms with Gasteiger partial charge in [0.2, 0.25) is 0 Å². The van der Waals surface area contributed by atoms with Gasteiger partial charge >= 0.3 is 5.97 Å². The third kappa shape index (κ3) is 3.58. The Hall–Kier alpha value is -1.40. The number of thiophene rings is 1. The molecule has 5 nitrogen and oxygen atoms in total. The molecule has 20 heavy (non-hydrogen) atoms. The maximum absolute atomic E-state index is 11.8. The Kier molecular flexibility index (Phi) is 5.14. The summed E-state index contributed by atoms with van der Waals surface area (Å²) in [5, 5.41) is 12.2. The highest BCUT2D eigenvalue weighted by molar-refractivity contribution is 7.18. The van der Waals surface area contributed by atoms with Crippen molar-refractivity contribution in [3.05, 3.63) is 16.5 Å². The van der Waals surface area contributed by atoms with Gasteiger partial charge in [-0.25, -0.2) is 4.79 Å². The molecule has 0 unspecified atom stereocenters. The van der Waals surface area contributed by atoms with Crippen molar-refractivity contribution in [2.45, 2.75) is 32.7 Å². The second-order valence-corrected chi connectivity index (χ2v) is 5.78. The number of carbonyl (C=O) groups is 1. The van der Waals surface area contributed by atoms with Crippen LogP contribution in [0.15, 0.2) is 6.07 Å². The number of hydrogen-bond acceptors (Lipinski definition) is 6. The highest BCUT2D eigenvalue weighted by atomic mass is 32.1. The Labute approximate surface area is 122 Å². The third-order valence-corrected chi connectivity index (χ3v) is 4.22. The fourth-order valence-corrected chi connectivity index (χ4v) is 3.19. The number of carbonyl (C=O) groups excluding carboxylic acids is 1. The van der Waals surface area contributed by atoms with Crippen molar-refractivity contribution in [1.82, 2.24) is 0 Å². The molecular formula is C14H20N2O3S. The van der Waals surface area contributed by atoms with Crippen LogP contribution in [-0.4, -0.2) is 37.5 Å². The summed E-state index contributed by atoms with van der Waals surface area (Å²) in [5.41, 5.74) is 1.23. The maximum atomic E-state index is 11.8. The molecule has 1 fully saturated rings. The molecule has 0 atom stereocenters. The van der Waals surface area contributed by atoms with Gasteiger partial charge in [0.15, 0.2) is 0 Å². The van der Waals surface area contributed by atoms with E-state index in [-0.39, 0.29) is 5.97 Å². The molecule has 2 heterocycles. The van der Waals surface area contributed by atoms with Gasteiger partial charge in [-0.2, -0.15) is 0 Å². The second kappa shape index (κ2) is 6.85. The van der Waals surface area contributed by atoms with Crippen LogP contribution < -0.4 is 5.32 Å². The molecule has 110 valence electrons. The van der Waals surface area contributed by atoms with Gasteiger partial charge in [0, 0.05) is 30.5 Å². The van der Waals surface area contributed by atoms with Crippen molar-refractivity contribution in [3.8, 4) is 0 Å². The average molecular weight is 296 g/mol. The van der Waals surface area contributed by atoms with Gasteiger partial charge in [-0.1, -0.05) is 0 Å². The van der Waals surface area contributed by atoms with Crippen molar-refractivity contribution in [3.63, 3.8) is 0 Å². The molecule has 0 spiro atoms. The summed E-state index contributed by atoms with van der Waals surface area (Å²) in [6.45, 7) is 5.39. The van der Waals surface area contributed by atoms with Gasteiger partial charge in [0.25, 0.3) is 0 Å². The lowest BCUT2D eigenvalue weighted by molar-refractivity contribution is 0.0532. The lowest BCUT2D eigenvalue weighted by Crippen LogP contribution is -2.27. The molecule has 1 aliphatic rings. The molecule has 1 aromatic rings. The van der Waals surface area contributed by atoms with E-state index in [1.165, 1.54) is 11.3 Å². The van der Waals surface area contributed by atoms with E-state index < -0.39 is 0 Å². The van der Waals surface area contributed by atoms with Crippen LogP contribution in [0.4, 0.5) is 5.00 Å². The van der Waals surface area contributed by atoms with E-state index in [0.29, 0.717) is 23.2 Å². The number of nitrogens with one attached hydrogen (secondary N) is 2. The predicted molar refractivity (Wildman–Crippen MR) is 80.2 cm³/mol. The molecular weight excluding hydrogens is 276 g/mol. The lowest BCUT2D eigenvalue weighted by Gasteiger charge is -2.23. The van der Waals surface area contributed by atoms with Crippen molar-refractivity contribution < 1.29 is 14.3 Å². The molecule has 0 saturated carbocycles. The summed E-state index contributed by atoms with van der Waals surface area (Å²) in [6.07, 6.45) is 1.90. The minimum atomic E-state index is -0.319. The van der Waals surface area contributed by atoms with Gasteiger partial charge in [-0.05, 0) is 32.8 Å². The Balaban J connectivity index is 2.16. The second-order valence-electron chi connectivity index (χ2n) is 4.73. The van der Waals surface area contributed by atoms with Crippen LogP contribution in [-0.2, 0) is 9.47 Å². The van der Waals surface area contributed by atoms with Crippen LogP contribution in [0.2, 0.25) is 0 Å². The zero-order valence-corrected chi connectivity index (χ0v) is 12.6. The number of rotatable bonds is 5. The fourth-order valence-electron chi connectivity index (χ4n) is 2.11. The minimum absolute atomic E-state index is 0.319. The first-order valence-corrected chi connectivity index (χ1v) is 7.64. The van der Waals surface area contributed by atoms with Crippen molar-refractivity contribution in [1.29, 1.82) is 5.41 Å². The highest BCUT2D eigenvalue weighted by Crippen LogP contribution is 2.31. The Morgan fingerprint density at radius 2 is 2.25 bits per heavy atom. The average Bonchev–Trinajstić information content (AvgIpc) is 2.84. The topological polar surface area (TPSA) is 71.4 Å². The van der Waals surface area contributed by atoms with Gasteiger partial charge in [-0.3, -0.25) is 0 Å². The van der Waals surface area contributed by atoms with Gasteiger partial charge < -0.3 is 20.2 Å². The van der Waals surface area contributed by atoms with E-state index in [1.807, 2.05) is 0 Å². The van der Waals surface area contributed by atoms with Crippen molar-refractivity contribution in [2.75, 3.05) is 25.1 Å². The summed E-state index contributed by atoms with van der Waals surface area (Å²) in [7, 11) is 0. The third-order valence-electron chi connectivity index (χ3n) is 3.17. The van der Waals surface area contributed by atoms with E-state index >= 15 is 0 Å². The van der Waals surface area contributed by atoms with E-state index in [2.05, 4.69) is 5.32 Å². The molecule has 1 aromatic heterocycles. The van der Waals surface area contributed by atoms with Crippen LogP contribution in [0.3, 0.4) is 0 Å². The zero-order chi connectivity index (χ0) is 14.5. The largest absolute Gasteiger partial charge is 0.462 e. The number of hydrogen-bond donors (Lipinski definition) is 2. The van der Waals surface area contributed by atoms with Crippen LogP contribution >= 0.6 is 11.3 Å². The van der Waals surface area contributed by atoms with Crippen molar-refractivity contribution in [2.24, 2.45) is 0 Å². The summed E-state index contributed by atoms with van der Waals surface area (Å²) in [6, 6.07) is 2.09. The number of ether oxygens (including phenoxy) is 2. The number of anilines is 1. The normalized spacial score (nSPS) is 15.9. The molecule has 6 heteroatoms. The molecule has 0 aromatic carbocycles. The van der Waals surface area contributed by atoms with E-state index in [4.69, 9.17) is 14.9 Å². The zero-order valence-electron chi connectivity index (χ0n) is 11.8. The van der Waals surface area contributed by atoms with Crippen LogP contribution in [0.5, 0.6) is 0 Å². The summed E-state index contributed by atoms with van der Waals surface area (Å²) in [5.74, 6) is -0.319. The lowest BCUT2D eigenvalue weighted by atomic mass is 10.1. The monoisotopic (exact) mass is 296 g/mol. The van der Waals surface area contributed by atoms with Crippen LogP contribution in [0.1, 0.15) is 41.9 Å². The van der Waals surface area contributed by atoms with Gasteiger partial charge in [0.1, 0.15) is 4.88 Å². The first kappa shape index (κ1) is 15.0. The minimum Gasteiger partial charge on any atom is -0.462 e.